The molecule has 1 aliphatic rings. The van der Waals surface area contributed by atoms with Crippen LogP contribution in [0.5, 0.6) is 0 Å². The molecule has 10 heteroatoms. The van der Waals surface area contributed by atoms with Crippen LogP contribution in [0.15, 0.2) is 35.1 Å². The number of pyridine rings is 1. The van der Waals surface area contributed by atoms with Crippen molar-refractivity contribution in [3.63, 3.8) is 0 Å². The number of likely N-dealkylation sites (tertiary alicyclic amines) is 1. The number of benzene rings is 1. The number of rotatable bonds is 6. The minimum atomic E-state index is -0.397. The highest BCUT2D eigenvalue weighted by Gasteiger charge is 2.25. The van der Waals surface area contributed by atoms with Crippen molar-refractivity contribution in [2.75, 3.05) is 18.4 Å². The molecule has 174 valence electrons. The molecule has 3 aromatic rings. The van der Waals surface area contributed by atoms with E-state index < -0.39 is 6.03 Å². The number of nitrogens with one attached hydrogen (secondary N) is 2. The highest BCUT2D eigenvalue weighted by atomic mass is 79.9. The summed E-state index contributed by atoms with van der Waals surface area (Å²) in [5, 5.41) is 11.8. The van der Waals surface area contributed by atoms with Crippen LogP contribution in [0.3, 0.4) is 0 Å². The second kappa shape index (κ2) is 9.78. The Kier molecular flexibility index (Phi) is 6.83. The number of fused-ring (bicyclic) bond motifs is 1. The SMILES string of the molecule is CCn1ncc2c(NC3CCN(C(N)=O)CC3)c(C(=O)NCc3ccc(C)cc3Br)cnc21. The van der Waals surface area contributed by atoms with E-state index >= 15 is 0 Å². The van der Waals surface area contributed by atoms with E-state index in [4.69, 9.17) is 5.73 Å². The van der Waals surface area contributed by atoms with Gasteiger partial charge in [-0.2, -0.15) is 5.10 Å². The summed E-state index contributed by atoms with van der Waals surface area (Å²) >= 11 is 3.57. The van der Waals surface area contributed by atoms with Gasteiger partial charge in [-0.1, -0.05) is 28.1 Å². The van der Waals surface area contributed by atoms with E-state index in [0.29, 0.717) is 31.7 Å². The van der Waals surface area contributed by atoms with Gasteiger partial charge in [-0.15, -0.1) is 0 Å². The van der Waals surface area contributed by atoms with Crippen molar-refractivity contribution in [2.45, 2.75) is 45.8 Å². The number of urea groups is 1. The number of carbonyl (C=O) groups is 2. The molecule has 0 bridgehead atoms. The Hall–Kier alpha value is -3.14. The van der Waals surface area contributed by atoms with E-state index in [0.717, 1.165) is 45.2 Å². The molecule has 1 saturated heterocycles. The zero-order chi connectivity index (χ0) is 23.5. The van der Waals surface area contributed by atoms with Gasteiger partial charge in [0, 0.05) is 42.9 Å². The van der Waals surface area contributed by atoms with Crippen molar-refractivity contribution in [1.29, 1.82) is 0 Å². The molecule has 33 heavy (non-hydrogen) atoms. The third-order valence-electron chi connectivity index (χ3n) is 6.01. The Balaban J connectivity index is 1.59. The predicted molar refractivity (Wildman–Crippen MR) is 131 cm³/mol. The Morgan fingerprint density at radius 2 is 2.00 bits per heavy atom. The van der Waals surface area contributed by atoms with Crippen LogP contribution in [-0.4, -0.2) is 50.7 Å². The number of anilines is 1. The van der Waals surface area contributed by atoms with Gasteiger partial charge in [-0.05, 0) is 43.9 Å². The minimum absolute atomic E-state index is 0.106. The second-order valence-electron chi connectivity index (χ2n) is 8.27. The molecule has 0 spiro atoms. The summed E-state index contributed by atoms with van der Waals surface area (Å²) in [4.78, 5) is 30.8. The van der Waals surface area contributed by atoms with Crippen LogP contribution in [0.4, 0.5) is 10.5 Å². The largest absolute Gasteiger partial charge is 0.381 e. The Bertz CT molecular complexity index is 1190. The third-order valence-corrected chi connectivity index (χ3v) is 6.75. The molecule has 3 heterocycles. The molecule has 0 unspecified atom stereocenters. The first-order chi connectivity index (χ1) is 15.9. The molecule has 9 nitrogen and oxygen atoms in total. The molecular weight excluding hydrogens is 486 g/mol. The van der Waals surface area contributed by atoms with Crippen LogP contribution < -0.4 is 16.4 Å². The smallest absolute Gasteiger partial charge is 0.314 e. The van der Waals surface area contributed by atoms with Crippen LogP contribution >= 0.6 is 15.9 Å². The first-order valence-electron chi connectivity index (χ1n) is 11.1. The number of primary amides is 1. The number of aromatic nitrogens is 3. The maximum atomic E-state index is 13.2. The Morgan fingerprint density at radius 3 is 2.67 bits per heavy atom. The van der Waals surface area contributed by atoms with Gasteiger partial charge in [0.25, 0.3) is 5.91 Å². The van der Waals surface area contributed by atoms with Crippen molar-refractivity contribution >= 4 is 44.6 Å². The molecule has 2 aromatic heterocycles. The normalized spacial score (nSPS) is 14.5. The number of nitrogens with two attached hydrogens (primary N) is 1. The number of piperidine rings is 1. The van der Waals surface area contributed by atoms with Crippen LogP contribution in [0, 0.1) is 6.92 Å². The second-order valence-corrected chi connectivity index (χ2v) is 9.12. The summed E-state index contributed by atoms with van der Waals surface area (Å²) in [6.07, 6.45) is 4.84. The molecule has 0 atom stereocenters. The Labute approximate surface area is 200 Å². The average molecular weight is 514 g/mol. The minimum Gasteiger partial charge on any atom is -0.381 e. The number of aryl methyl sites for hydroxylation is 2. The van der Waals surface area contributed by atoms with Crippen LogP contribution in [0.1, 0.15) is 41.3 Å². The summed E-state index contributed by atoms with van der Waals surface area (Å²) in [5.41, 5.74) is 9.48. The number of halogens is 1. The van der Waals surface area contributed by atoms with Gasteiger partial charge in [0.1, 0.15) is 0 Å². The predicted octanol–water partition coefficient (Wildman–Crippen LogP) is 3.41. The van der Waals surface area contributed by atoms with Gasteiger partial charge in [0.05, 0.1) is 22.8 Å². The fourth-order valence-corrected chi connectivity index (χ4v) is 4.73. The van der Waals surface area contributed by atoms with Crippen LogP contribution in [-0.2, 0) is 13.1 Å². The van der Waals surface area contributed by atoms with Crippen molar-refractivity contribution < 1.29 is 9.59 Å². The molecular formula is C23H28BrN7O2. The lowest BCUT2D eigenvalue weighted by Gasteiger charge is -2.32. The van der Waals surface area contributed by atoms with Crippen molar-refractivity contribution in [3.8, 4) is 0 Å². The highest BCUT2D eigenvalue weighted by Crippen LogP contribution is 2.29. The molecule has 1 aromatic carbocycles. The molecule has 0 radical (unpaired) electrons. The first kappa shape index (κ1) is 23.0. The van der Waals surface area contributed by atoms with Gasteiger partial charge in [-0.3, -0.25) is 4.79 Å². The van der Waals surface area contributed by atoms with E-state index in [2.05, 4.69) is 36.6 Å². The van der Waals surface area contributed by atoms with Gasteiger partial charge in [0.15, 0.2) is 5.65 Å². The van der Waals surface area contributed by atoms with E-state index in [1.165, 1.54) is 0 Å². The maximum absolute atomic E-state index is 13.2. The van der Waals surface area contributed by atoms with Gasteiger partial charge >= 0.3 is 6.03 Å². The molecule has 1 aliphatic heterocycles. The van der Waals surface area contributed by atoms with Crippen LogP contribution in [0.25, 0.3) is 11.0 Å². The quantitative estimate of drug-likeness (QED) is 0.466. The van der Waals surface area contributed by atoms with E-state index in [-0.39, 0.29) is 11.9 Å². The van der Waals surface area contributed by atoms with Crippen molar-refractivity contribution in [3.05, 3.63) is 51.8 Å². The lowest BCUT2D eigenvalue weighted by molar-refractivity contribution is 0.0951. The van der Waals surface area contributed by atoms with E-state index in [1.807, 2.05) is 32.0 Å². The van der Waals surface area contributed by atoms with Gasteiger partial charge in [-0.25, -0.2) is 14.5 Å². The molecule has 0 aliphatic carbocycles. The molecule has 4 N–H and O–H groups in total. The maximum Gasteiger partial charge on any atom is 0.314 e. The number of nitrogens with zero attached hydrogens (tertiary/aromatic N) is 4. The number of hydrogen-bond acceptors (Lipinski definition) is 5. The summed E-state index contributed by atoms with van der Waals surface area (Å²) in [7, 11) is 0. The molecule has 3 amide bonds. The van der Waals surface area contributed by atoms with Gasteiger partial charge in [0.2, 0.25) is 0 Å². The number of carbonyl (C=O) groups excluding carboxylic acids is 2. The Morgan fingerprint density at radius 1 is 1.24 bits per heavy atom. The fraction of sp³-hybridized carbons (Fsp3) is 0.391. The summed E-state index contributed by atoms with van der Waals surface area (Å²) in [5.74, 6) is -0.210. The average Bonchev–Trinajstić information content (AvgIpc) is 3.22. The zero-order valence-electron chi connectivity index (χ0n) is 18.8. The zero-order valence-corrected chi connectivity index (χ0v) is 20.4. The topological polar surface area (TPSA) is 118 Å². The van der Waals surface area contributed by atoms with E-state index in [1.54, 1.807) is 22.0 Å². The van der Waals surface area contributed by atoms with Crippen molar-refractivity contribution in [1.82, 2.24) is 25.0 Å². The highest BCUT2D eigenvalue weighted by molar-refractivity contribution is 9.10. The standard InChI is InChI=1S/C23H28BrN7O2/c1-3-31-21-17(13-28-31)20(29-16-6-8-30(9-7-16)23(25)33)18(12-26-21)22(32)27-11-15-5-4-14(2)10-19(15)24/h4-5,10,12-13,16H,3,6-9,11H2,1-2H3,(H2,25,33)(H,26,29)(H,27,32). The number of hydrogen-bond donors (Lipinski definition) is 3. The summed E-state index contributed by atoms with van der Waals surface area (Å²) in [6, 6.07) is 5.75. The third kappa shape index (κ3) is 4.95. The molecule has 1 fully saturated rings. The monoisotopic (exact) mass is 513 g/mol. The summed E-state index contributed by atoms with van der Waals surface area (Å²) in [6.45, 7) is 6.26. The number of amides is 3. The summed E-state index contributed by atoms with van der Waals surface area (Å²) < 4.78 is 2.77. The molecule has 0 saturated carbocycles. The lowest BCUT2D eigenvalue weighted by atomic mass is 10.0. The lowest BCUT2D eigenvalue weighted by Crippen LogP contribution is -2.44. The van der Waals surface area contributed by atoms with Gasteiger partial charge < -0.3 is 21.3 Å². The fourth-order valence-electron chi connectivity index (χ4n) is 4.10. The van der Waals surface area contributed by atoms with Crippen LogP contribution in [0.2, 0.25) is 0 Å². The van der Waals surface area contributed by atoms with Crippen molar-refractivity contribution in [2.24, 2.45) is 5.73 Å². The van der Waals surface area contributed by atoms with E-state index in [9.17, 15) is 9.59 Å². The molecule has 4 rings (SSSR count). The first-order valence-corrected chi connectivity index (χ1v) is 11.8.